The predicted molar refractivity (Wildman–Crippen MR) is 51.0 cm³/mol. The molecule has 1 saturated carbocycles. The Morgan fingerprint density at radius 3 is 2.09 bits per heavy atom. The van der Waals surface area contributed by atoms with Crippen molar-refractivity contribution >= 4 is 23.2 Å². The average molecular weight is 193 g/mol. The molecule has 0 nitrogen and oxygen atoms in total. The molecule has 1 aliphatic rings. The molecule has 64 valence electrons. The molecule has 0 amide bonds. The Balaban J connectivity index is 2.52. The number of hydrogen-bond donors (Lipinski definition) is 0. The maximum absolute atomic E-state index is 5.71. The smallest absolute Gasteiger partial charge is 0.0709 e. The third-order valence-corrected chi connectivity index (χ3v) is 3.11. The molecule has 1 aliphatic carbocycles. The van der Waals surface area contributed by atoms with Gasteiger partial charge in [-0.2, -0.15) is 0 Å². The molecule has 0 atom stereocenters. The van der Waals surface area contributed by atoms with Crippen molar-refractivity contribution in [2.24, 2.45) is 5.92 Å². The van der Waals surface area contributed by atoms with E-state index in [0.717, 1.165) is 0 Å². The van der Waals surface area contributed by atoms with Crippen LogP contribution in [0.15, 0.2) is 10.1 Å². The molecule has 0 aromatic heterocycles. The molecule has 0 unspecified atom stereocenters. The summed E-state index contributed by atoms with van der Waals surface area (Å²) in [6.07, 6.45) is 6.60. The van der Waals surface area contributed by atoms with E-state index in [9.17, 15) is 0 Å². The molecule has 2 heteroatoms. The first-order valence-electron chi connectivity index (χ1n) is 4.23. The number of allylic oxidation sites excluding steroid dienone is 1. The fourth-order valence-corrected chi connectivity index (χ4v) is 2.00. The normalized spacial score (nSPS) is 19.9. The summed E-state index contributed by atoms with van der Waals surface area (Å²) >= 11 is 11.4. The maximum atomic E-state index is 5.71. The molecule has 0 radical (unpaired) electrons. The van der Waals surface area contributed by atoms with E-state index in [1.807, 2.05) is 6.92 Å². The lowest BCUT2D eigenvalue weighted by Crippen LogP contribution is -2.07. The SMILES string of the molecule is CC(=C(Cl)Cl)C1CCCCC1. The van der Waals surface area contributed by atoms with Crippen LogP contribution in [0.25, 0.3) is 0 Å². The highest BCUT2D eigenvalue weighted by molar-refractivity contribution is 6.56. The van der Waals surface area contributed by atoms with Crippen molar-refractivity contribution in [1.82, 2.24) is 0 Å². The lowest BCUT2D eigenvalue weighted by molar-refractivity contribution is 0.403. The molecule has 0 heterocycles. The summed E-state index contributed by atoms with van der Waals surface area (Å²) in [7, 11) is 0. The van der Waals surface area contributed by atoms with E-state index in [1.165, 1.54) is 37.7 Å². The highest BCUT2D eigenvalue weighted by atomic mass is 35.5. The molecule has 0 saturated heterocycles. The minimum atomic E-state index is 0.483. The van der Waals surface area contributed by atoms with Crippen LogP contribution in [-0.4, -0.2) is 0 Å². The van der Waals surface area contributed by atoms with Gasteiger partial charge in [0.25, 0.3) is 0 Å². The Morgan fingerprint density at radius 1 is 1.09 bits per heavy atom. The quantitative estimate of drug-likeness (QED) is 0.583. The molecule has 0 aromatic rings. The van der Waals surface area contributed by atoms with Gasteiger partial charge in [0.05, 0.1) is 0 Å². The van der Waals surface area contributed by atoms with Crippen LogP contribution in [0, 0.1) is 5.92 Å². The van der Waals surface area contributed by atoms with E-state index >= 15 is 0 Å². The summed E-state index contributed by atoms with van der Waals surface area (Å²) in [5.41, 5.74) is 1.19. The van der Waals surface area contributed by atoms with E-state index in [-0.39, 0.29) is 0 Å². The van der Waals surface area contributed by atoms with Crippen LogP contribution >= 0.6 is 23.2 Å². The third-order valence-electron chi connectivity index (χ3n) is 2.52. The lowest BCUT2D eigenvalue weighted by atomic mass is 9.85. The van der Waals surface area contributed by atoms with Gasteiger partial charge in [-0.15, -0.1) is 0 Å². The Hall–Kier alpha value is 0.320. The van der Waals surface area contributed by atoms with E-state index < -0.39 is 0 Å². The average Bonchev–Trinajstić information content (AvgIpc) is 2.05. The Kier molecular flexibility index (Phi) is 3.74. The molecule has 1 fully saturated rings. The highest BCUT2D eigenvalue weighted by Gasteiger charge is 2.16. The lowest BCUT2D eigenvalue weighted by Gasteiger charge is -2.22. The van der Waals surface area contributed by atoms with E-state index in [0.29, 0.717) is 10.4 Å². The molecule has 0 aliphatic heterocycles. The Bertz CT molecular complexity index is 151. The number of rotatable bonds is 1. The van der Waals surface area contributed by atoms with Gasteiger partial charge in [0.1, 0.15) is 4.49 Å². The van der Waals surface area contributed by atoms with Gasteiger partial charge in [-0.3, -0.25) is 0 Å². The van der Waals surface area contributed by atoms with Crippen molar-refractivity contribution in [1.29, 1.82) is 0 Å². The zero-order valence-corrected chi connectivity index (χ0v) is 8.38. The van der Waals surface area contributed by atoms with Gasteiger partial charge in [-0.05, 0) is 31.3 Å². The molecular weight excluding hydrogens is 179 g/mol. The highest BCUT2D eigenvalue weighted by Crippen LogP contribution is 2.32. The van der Waals surface area contributed by atoms with Gasteiger partial charge < -0.3 is 0 Å². The van der Waals surface area contributed by atoms with Gasteiger partial charge in [-0.1, -0.05) is 42.5 Å². The molecule has 0 aromatic carbocycles. The Morgan fingerprint density at radius 2 is 1.64 bits per heavy atom. The van der Waals surface area contributed by atoms with Crippen molar-refractivity contribution in [2.45, 2.75) is 39.0 Å². The number of hydrogen-bond acceptors (Lipinski definition) is 0. The first kappa shape index (κ1) is 9.41. The van der Waals surface area contributed by atoms with E-state index in [4.69, 9.17) is 23.2 Å². The minimum absolute atomic E-state index is 0.483. The summed E-state index contributed by atoms with van der Waals surface area (Å²) in [5, 5.41) is 0. The zero-order chi connectivity index (χ0) is 8.27. The van der Waals surface area contributed by atoms with E-state index in [1.54, 1.807) is 0 Å². The van der Waals surface area contributed by atoms with Gasteiger partial charge in [0, 0.05) is 0 Å². The summed E-state index contributed by atoms with van der Waals surface area (Å²) in [6.45, 7) is 2.05. The monoisotopic (exact) mass is 192 g/mol. The van der Waals surface area contributed by atoms with Gasteiger partial charge in [0.15, 0.2) is 0 Å². The summed E-state index contributed by atoms with van der Waals surface area (Å²) < 4.78 is 0.483. The second kappa shape index (κ2) is 4.37. The molecule has 0 N–H and O–H groups in total. The summed E-state index contributed by atoms with van der Waals surface area (Å²) in [6, 6.07) is 0. The minimum Gasteiger partial charge on any atom is -0.0709 e. The van der Waals surface area contributed by atoms with Crippen molar-refractivity contribution in [2.75, 3.05) is 0 Å². The van der Waals surface area contributed by atoms with Crippen molar-refractivity contribution in [3.63, 3.8) is 0 Å². The largest absolute Gasteiger partial charge is 0.106 e. The fourth-order valence-electron chi connectivity index (χ4n) is 1.69. The first-order chi connectivity index (χ1) is 5.22. The molecule has 0 spiro atoms. The predicted octanol–water partition coefficient (Wildman–Crippen LogP) is 4.28. The van der Waals surface area contributed by atoms with E-state index in [2.05, 4.69) is 0 Å². The van der Waals surface area contributed by atoms with Crippen LogP contribution in [0.1, 0.15) is 39.0 Å². The van der Waals surface area contributed by atoms with Crippen molar-refractivity contribution in [3.8, 4) is 0 Å². The van der Waals surface area contributed by atoms with Crippen LogP contribution in [-0.2, 0) is 0 Å². The van der Waals surface area contributed by atoms with Gasteiger partial charge in [-0.25, -0.2) is 0 Å². The van der Waals surface area contributed by atoms with Gasteiger partial charge in [0.2, 0.25) is 0 Å². The van der Waals surface area contributed by atoms with Crippen LogP contribution in [0.4, 0.5) is 0 Å². The van der Waals surface area contributed by atoms with Crippen molar-refractivity contribution < 1.29 is 0 Å². The molecule has 11 heavy (non-hydrogen) atoms. The third kappa shape index (κ3) is 2.68. The second-order valence-electron chi connectivity index (χ2n) is 3.28. The molecule has 0 bridgehead atoms. The Labute approximate surface area is 78.6 Å². The fraction of sp³-hybridized carbons (Fsp3) is 0.778. The van der Waals surface area contributed by atoms with Crippen LogP contribution in [0.5, 0.6) is 0 Å². The van der Waals surface area contributed by atoms with Gasteiger partial charge >= 0.3 is 0 Å². The van der Waals surface area contributed by atoms with Crippen LogP contribution < -0.4 is 0 Å². The van der Waals surface area contributed by atoms with Crippen molar-refractivity contribution in [3.05, 3.63) is 10.1 Å². The maximum Gasteiger partial charge on any atom is 0.106 e. The number of halogens is 2. The summed E-state index contributed by atoms with van der Waals surface area (Å²) in [5.74, 6) is 0.661. The van der Waals surface area contributed by atoms with Crippen LogP contribution in [0.2, 0.25) is 0 Å². The molecular formula is C9H14Cl2. The second-order valence-corrected chi connectivity index (χ2v) is 4.23. The first-order valence-corrected chi connectivity index (χ1v) is 4.99. The topological polar surface area (TPSA) is 0 Å². The van der Waals surface area contributed by atoms with Crippen LogP contribution in [0.3, 0.4) is 0 Å². The molecule has 1 rings (SSSR count). The summed E-state index contributed by atoms with van der Waals surface area (Å²) in [4.78, 5) is 0. The standard InChI is InChI=1S/C9H14Cl2/c1-7(9(10)11)8-5-3-2-4-6-8/h8H,2-6H2,1H3. The zero-order valence-electron chi connectivity index (χ0n) is 6.87.